The SMILES string of the molecule is CC(C)(c1ccc(OCc2ccnc(N3CCN(C4CN(C5CNC5)C4)CC3)n2)cc1)c1cc(Cl)c(OCCCl)c(C#N)c1. The summed E-state index contributed by atoms with van der Waals surface area (Å²) in [5, 5.41) is 13.5. The number of nitrogens with zero attached hydrogens (tertiary/aromatic N) is 6. The standard InChI is InChI=1S/C33H39Cl2N7O2/c1-33(2,25-15-23(17-36)31(30(35)16-25)43-14-8-34)24-3-5-29(6-4-24)44-22-26-7-9-38-32(39-26)41-12-10-40(11-13-41)28-20-42(21-28)27-18-37-19-27/h3-7,9,15-16,27-28,37H,8,10-14,18-22H2,1-2H3. The number of benzene rings is 2. The van der Waals surface area contributed by atoms with Gasteiger partial charge in [0.2, 0.25) is 5.95 Å². The van der Waals surface area contributed by atoms with E-state index in [-0.39, 0.29) is 6.61 Å². The number of alkyl halides is 1. The first kappa shape index (κ1) is 30.9. The average Bonchev–Trinajstić information content (AvgIpc) is 3.00. The Hall–Kier alpha value is -3.13. The summed E-state index contributed by atoms with van der Waals surface area (Å²) in [7, 11) is 0. The molecule has 3 aliphatic heterocycles. The molecule has 1 N–H and O–H groups in total. The number of hydrogen-bond donors (Lipinski definition) is 1. The number of halogens is 2. The van der Waals surface area contributed by atoms with Crippen molar-refractivity contribution in [3.63, 3.8) is 0 Å². The van der Waals surface area contributed by atoms with E-state index in [1.54, 1.807) is 0 Å². The molecule has 3 saturated heterocycles. The van der Waals surface area contributed by atoms with Crippen LogP contribution in [0, 0.1) is 11.3 Å². The maximum absolute atomic E-state index is 9.70. The van der Waals surface area contributed by atoms with Crippen LogP contribution in [0.2, 0.25) is 5.02 Å². The summed E-state index contributed by atoms with van der Waals surface area (Å²) in [5.74, 6) is 2.21. The molecular formula is C33H39Cl2N7O2. The van der Waals surface area contributed by atoms with Gasteiger partial charge >= 0.3 is 0 Å². The minimum atomic E-state index is -0.406. The van der Waals surface area contributed by atoms with Gasteiger partial charge in [0.25, 0.3) is 0 Å². The first-order chi connectivity index (χ1) is 21.4. The zero-order valence-corrected chi connectivity index (χ0v) is 26.8. The lowest BCUT2D eigenvalue weighted by molar-refractivity contribution is -0.0121. The smallest absolute Gasteiger partial charge is 0.225 e. The van der Waals surface area contributed by atoms with Crippen molar-refractivity contribution >= 4 is 29.2 Å². The second kappa shape index (κ2) is 13.5. The van der Waals surface area contributed by atoms with Crippen LogP contribution in [0.15, 0.2) is 48.7 Å². The van der Waals surface area contributed by atoms with Crippen LogP contribution < -0.4 is 19.7 Å². The molecule has 232 valence electrons. The summed E-state index contributed by atoms with van der Waals surface area (Å²) in [5.41, 5.74) is 2.82. The fourth-order valence-corrected chi connectivity index (χ4v) is 6.42. The Kier molecular flexibility index (Phi) is 9.45. The Morgan fingerprint density at radius 2 is 1.73 bits per heavy atom. The molecule has 4 heterocycles. The molecule has 2 aromatic carbocycles. The van der Waals surface area contributed by atoms with Gasteiger partial charge in [0, 0.05) is 76.1 Å². The third-order valence-electron chi connectivity index (χ3n) is 9.15. The first-order valence-electron chi connectivity index (χ1n) is 15.3. The molecule has 0 saturated carbocycles. The van der Waals surface area contributed by atoms with Crippen molar-refractivity contribution in [1.29, 1.82) is 5.26 Å². The van der Waals surface area contributed by atoms with E-state index in [0.717, 1.165) is 73.8 Å². The molecule has 44 heavy (non-hydrogen) atoms. The molecule has 0 bridgehead atoms. The zero-order valence-electron chi connectivity index (χ0n) is 25.3. The lowest BCUT2D eigenvalue weighted by Gasteiger charge is -2.52. The van der Waals surface area contributed by atoms with Crippen LogP contribution in [0.3, 0.4) is 0 Å². The van der Waals surface area contributed by atoms with Gasteiger partial charge in [-0.2, -0.15) is 5.26 Å². The number of aromatic nitrogens is 2. The van der Waals surface area contributed by atoms with Crippen molar-refractivity contribution in [3.8, 4) is 17.6 Å². The maximum Gasteiger partial charge on any atom is 0.225 e. The van der Waals surface area contributed by atoms with E-state index in [2.05, 4.69) is 44.9 Å². The highest BCUT2D eigenvalue weighted by molar-refractivity contribution is 6.32. The Balaban J connectivity index is 1.03. The van der Waals surface area contributed by atoms with Crippen LogP contribution >= 0.6 is 23.2 Å². The molecule has 6 rings (SSSR count). The number of likely N-dealkylation sites (tertiary alicyclic amines) is 1. The number of piperazine rings is 1. The second-order valence-electron chi connectivity index (χ2n) is 12.2. The first-order valence-corrected chi connectivity index (χ1v) is 16.2. The average molecular weight is 637 g/mol. The highest BCUT2D eigenvalue weighted by Gasteiger charge is 2.38. The topological polar surface area (TPSA) is 89.8 Å². The van der Waals surface area contributed by atoms with E-state index in [4.69, 9.17) is 37.7 Å². The molecule has 0 radical (unpaired) electrons. The summed E-state index contributed by atoms with van der Waals surface area (Å²) in [6.45, 7) is 13.5. The van der Waals surface area contributed by atoms with Crippen LogP contribution in [0.25, 0.3) is 0 Å². The quantitative estimate of drug-likeness (QED) is 0.310. The van der Waals surface area contributed by atoms with Gasteiger partial charge < -0.3 is 19.7 Å². The van der Waals surface area contributed by atoms with Gasteiger partial charge in [-0.25, -0.2) is 9.97 Å². The molecule has 0 spiro atoms. The van der Waals surface area contributed by atoms with Gasteiger partial charge in [0.1, 0.15) is 25.0 Å². The highest BCUT2D eigenvalue weighted by atomic mass is 35.5. The van der Waals surface area contributed by atoms with Gasteiger partial charge in [-0.05, 0) is 41.5 Å². The lowest BCUT2D eigenvalue weighted by atomic mass is 9.77. The predicted octanol–water partition coefficient (Wildman–Crippen LogP) is 4.30. The minimum absolute atomic E-state index is 0.283. The van der Waals surface area contributed by atoms with Crippen molar-refractivity contribution in [2.45, 2.75) is 38.0 Å². The third kappa shape index (κ3) is 6.60. The summed E-state index contributed by atoms with van der Waals surface area (Å²) in [6, 6.07) is 17.3. The molecule has 0 atom stereocenters. The summed E-state index contributed by atoms with van der Waals surface area (Å²) in [4.78, 5) is 16.9. The predicted molar refractivity (Wildman–Crippen MR) is 173 cm³/mol. The molecule has 3 aromatic rings. The minimum Gasteiger partial charge on any atom is -0.489 e. The van der Waals surface area contributed by atoms with Crippen LogP contribution in [0.4, 0.5) is 5.95 Å². The molecule has 0 aliphatic carbocycles. The Bertz CT molecular complexity index is 1480. The molecule has 0 amide bonds. The monoisotopic (exact) mass is 635 g/mol. The van der Waals surface area contributed by atoms with E-state index < -0.39 is 5.41 Å². The molecule has 11 heteroatoms. The van der Waals surface area contributed by atoms with Gasteiger partial charge in [0.15, 0.2) is 5.75 Å². The van der Waals surface area contributed by atoms with Crippen LogP contribution in [0.1, 0.15) is 36.2 Å². The van der Waals surface area contributed by atoms with Crippen molar-refractivity contribution in [1.82, 2.24) is 25.1 Å². The van der Waals surface area contributed by atoms with E-state index in [0.29, 0.717) is 34.9 Å². The van der Waals surface area contributed by atoms with Crippen molar-refractivity contribution < 1.29 is 9.47 Å². The van der Waals surface area contributed by atoms with Gasteiger partial charge in [-0.15, -0.1) is 11.6 Å². The molecule has 1 aromatic heterocycles. The summed E-state index contributed by atoms with van der Waals surface area (Å²) >= 11 is 12.3. The number of rotatable bonds is 11. The maximum atomic E-state index is 9.70. The Labute approximate surface area is 269 Å². The lowest BCUT2D eigenvalue weighted by Crippen LogP contribution is -2.70. The molecule has 0 unspecified atom stereocenters. The van der Waals surface area contributed by atoms with Gasteiger partial charge in [-0.1, -0.05) is 37.6 Å². The summed E-state index contributed by atoms with van der Waals surface area (Å²) < 4.78 is 11.7. The Morgan fingerprint density at radius 3 is 2.39 bits per heavy atom. The second-order valence-corrected chi connectivity index (χ2v) is 13.0. The number of nitriles is 1. The summed E-state index contributed by atoms with van der Waals surface area (Å²) in [6.07, 6.45) is 1.82. The van der Waals surface area contributed by atoms with Crippen molar-refractivity contribution in [3.05, 3.63) is 76.1 Å². The number of anilines is 1. The fourth-order valence-electron chi connectivity index (χ4n) is 6.07. The van der Waals surface area contributed by atoms with E-state index in [1.165, 1.54) is 13.1 Å². The highest BCUT2D eigenvalue weighted by Crippen LogP contribution is 2.38. The van der Waals surface area contributed by atoms with Gasteiger partial charge in [-0.3, -0.25) is 9.80 Å². The van der Waals surface area contributed by atoms with Crippen LogP contribution in [-0.2, 0) is 12.0 Å². The van der Waals surface area contributed by atoms with E-state index >= 15 is 0 Å². The normalized spacial score (nSPS) is 18.4. The number of nitrogens with one attached hydrogen (secondary N) is 1. The number of hydrogen-bond acceptors (Lipinski definition) is 9. The van der Waals surface area contributed by atoms with Gasteiger partial charge in [0.05, 0.1) is 22.2 Å². The molecule has 3 fully saturated rings. The third-order valence-corrected chi connectivity index (χ3v) is 9.59. The van der Waals surface area contributed by atoms with Crippen LogP contribution in [-0.4, -0.2) is 96.7 Å². The Morgan fingerprint density at radius 1 is 0.977 bits per heavy atom. The van der Waals surface area contributed by atoms with E-state index in [1.807, 2.05) is 48.7 Å². The van der Waals surface area contributed by atoms with E-state index in [9.17, 15) is 5.26 Å². The largest absolute Gasteiger partial charge is 0.489 e. The fraction of sp³-hybridized carbons (Fsp3) is 0.485. The zero-order chi connectivity index (χ0) is 30.7. The molecule has 9 nitrogen and oxygen atoms in total. The molecule has 3 aliphatic rings. The molecular weight excluding hydrogens is 597 g/mol. The van der Waals surface area contributed by atoms with Crippen molar-refractivity contribution in [2.75, 3.05) is 69.7 Å². The number of ether oxygens (including phenoxy) is 2. The van der Waals surface area contributed by atoms with Crippen LogP contribution in [0.5, 0.6) is 11.5 Å². The van der Waals surface area contributed by atoms with Crippen molar-refractivity contribution in [2.24, 2.45) is 0 Å².